The molecular weight excluding hydrogens is 600 g/mol. The number of likely N-dealkylation sites (tertiary alicyclic amines) is 1. The lowest BCUT2D eigenvalue weighted by molar-refractivity contribution is -0.142. The number of aromatic nitrogens is 3. The van der Waals surface area contributed by atoms with Gasteiger partial charge in [-0.05, 0) is 87.4 Å². The second-order valence-electron chi connectivity index (χ2n) is 12.5. The summed E-state index contributed by atoms with van der Waals surface area (Å²) in [6.07, 6.45) is -8.18. The number of piperidine rings is 1. The van der Waals surface area contributed by atoms with Crippen LogP contribution in [0, 0.1) is 11.8 Å². The van der Waals surface area contributed by atoms with Crippen molar-refractivity contribution in [1.29, 1.82) is 0 Å². The number of fused-ring (bicyclic) bond motifs is 3. The highest BCUT2D eigenvalue weighted by molar-refractivity contribution is 5.79. The maximum atomic E-state index is 14.2. The number of amides is 1. The van der Waals surface area contributed by atoms with Gasteiger partial charge in [-0.1, -0.05) is 30.3 Å². The SMILES string of the molecule is CC(C)(C)OC(=O)N1CC2CCC(C1)C2N(c1ccccc1)c1nc2c(-c3ccc(C(F)(F)F)cc3)ccc(C(F)(F)F)n2n1. The first-order valence-corrected chi connectivity index (χ1v) is 14.6. The van der Waals surface area contributed by atoms with E-state index < -0.39 is 35.3 Å². The topological polar surface area (TPSA) is 63.0 Å². The Morgan fingerprint density at radius 1 is 0.844 bits per heavy atom. The minimum Gasteiger partial charge on any atom is -0.444 e. The van der Waals surface area contributed by atoms with E-state index in [-0.39, 0.29) is 40.6 Å². The van der Waals surface area contributed by atoms with Gasteiger partial charge in [-0.2, -0.15) is 31.3 Å². The molecule has 13 heteroatoms. The van der Waals surface area contributed by atoms with E-state index in [9.17, 15) is 31.1 Å². The van der Waals surface area contributed by atoms with Crippen molar-refractivity contribution in [2.24, 2.45) is 11.8 Å². The summed E-state index contributed by atoms with van der Waals surface area (Å²) in [4.78, 5) is 21.1. The number of benzene rings is 2. The van der Waals surface area contributed by atoms with Gasteiger partial charge >= 0.3 is 18.4 Å². The molecule has 0 radical (unpaired) electrons. The maximum absolute atomic E-state index is 14.2. The maximum Gasteiger partial charge on any atom is 0.433 e. The molecule has 238 valence electrons. The van der Waals surface area contributed by atoms with Crippen molar-refractivity contribution < 1.29 is 35.9 Å². The zero-order valence-electron chi connectivity index (χ0n) is 24.7. The van der Waals surface area contributed by atoms with Gasteiger partial charge in [0.05, 0.1) is 5.56 Å². The molecule has 3 heterocycles. The molecule has 6 rings (SSSR count). The van der Waals surface area contributed by atoms with Crippen molar-refractivity contribution in [2.75, 3.05) is 18.0 Å². The van der Waals surface area contributed by atoms with Crippen molar-refractivity contribution >= 4 is 23.4 Å². The Balaban J connectivity index is 1.45. The Bertz CT molecular complexity index is 1680. The van der Waals surface area contributed by atoms with E-state index in [1.807, 2.05) is 35.2 Å². The number of ether oxygens (including phenoxy) is 1. The lowest BCUT2D eigenvalue weighted by Crippen LogP contribution is -2.54. The van der Waals surface area contributed by atoms with Crippen molar-refractivity contribution in [2.45, 2.75) is 57.6 Å². The third-order valence-electron chi connectivity index (χ3n) is 8.27. The van der Waals surface area contributed by atoms with Crippen LogP contribution in [0.15, 0.2) is 66.7 Å². The van der Waals surface area contributed by atoms with E-state index in [0.717, 1.165) is 35.6 Å². The lowest BCUT2D eigenvalue weighted by Gasteiger charge is -2.43. The van der Waals surface area contributed by atoms with Gasteiger partial charge in [-0.25, -0.2) is 9.31 Å². The number of carbonyl (C=O) groups excluding carboxylic acids is 1. The van der Waals surface area contributed by atoms with Crippen LogP contribution in [0.25, 0.3) is 16.8 Å². The van der Waals surface area contributed by atoms with Crippen molar-refractivity contribution in [1.82, 2.24) is 19.5 Å². The molecule has 1 saturated heterocycles. The van der Waals surface area contributed by atoms with Gasteiger partial charge in [-0.15, -0.1) is 5.10 Å². The second kappa shape index (κ2) is 11.0. The Labute approximate surface area is 255 Å². The monoisotopic (exact) mass is 631 g/mol. The molecule has 2 aliphatic rings. The molecule has 2 fully saturated rings. The molecule has 2 atom stereocenters. The number of pyridine rings is 1. The number of rotatable bonds is 4. The predicted molar refractivity (Wildman–Crippen MR) is 155 cm³/mol. The molecule has 45 heavy (non-hydrogen) atoms. The van der Waals surface area contributed by atoms with Crippen molar-refractivity contribution in [3.05, 3.63) is 78.0 Å². The molecular formula is C32H31F6N5O2. The summed E-state index contributed by atoms with van der Waals surface area (Å²) in [5.74, 6) is -0.0576. The van der Waals surface area contributed by atoms with Gasteiger partial charge in [0.25, 0.3) is 0 Å². The first-order chi connectivity index (χ1) is 21.1. The molecule has 1 saturated carbocycles. The minimum atomic E-state index is -4.78. The van der Waals surface area contributed by atoms with Gasteiger partial charge in [0, 0.05) is 30.4 Å². The van der Waals surface area contributed by atoms with E-state index >= 15 is 0 Å². The molecule has 2 aromatic carbocycles. The number of alkyl halides is 6. The minimum absolute atomic E-state index is 0.0266. The summed E-state index contributed by atoms with van der Waals surface area (Å²) in [5, 5.41) is 4.40. The average molecular weight is 632 g/mol. The first kappa shape index (κ1) is 30.7. The Hall–Kier alpha value is -4.29. The van der Waals surface area contributed by atoms with E-state index in [0.29, 0.717) is 18.8 Å². The summed E-state index contributed by atoms with van der Waals surface area (Å²) in [5.41, 5.74) is -1.61. The highest BCUT2D eigenvalue weighted by atomic mass is 19.4. The summed E-state index contributed by atoms with van der Waals surface area (Å²) in [7, 11) is 0. The van der Waals surface area contributed by atoms with E-state index in [4.69, 9.17) is 4.74 Å². The Morgan fingerprint density at radius 3 is 2.02 bits per heavy atom. The van der Waals surface area contributed by atoms with Crippen molar-refractivity contribution in [3.8, 4) is 11.1 Å². The van der Waals surface area contributed by atoms with Gasteiger partial charge in [0.15, 0.2) is 5.65 Å². The van der Waals surface area contributed by atoms with Gasteiger partial charge < -0.3 is 14.5 Å². The number of anilines is 2. The molecule has 1 aliphatic heterocycles. The summed E-state index contributed by atoms with van der Waals surface area (Å²) in [6.45, 7) is 6.20. The number of carbonyl (C=O) groups is 1. The van der Waals surface area contributed by atoms with Crippen molar-refractivity contribution in [3.63, 3.8) is 0 Å². The number of halogens is 6. The standard InChI is InChI=1S/C32H31F6N5O2/c1-30(2,3)45-29(44)41-17-20-9-10-21(18-41)26(20)42(23-7-5-4-6-8-23)28-39-27-24(15-16-25(32(36,37)38)43(27)40-28)19-11-13-22(14-12-19)31(33,34)35/h4-8,11-16,20-21,26H,9-10,17-18H2,1-3H3. The number of hydrogen-bond acceptors (Lipinski definition) is 5. The molecule has 0 N–H and O–H groups in total. The molecule has 2 bridgehead atoms. The first-order valence-electron chi connectivity index (χ1n) is 14.6. The zero-order chi connectivity index (χ0) is 32.3. The quantitative estimate of drug-likeness (QED) is 0.213. The number of para-hydroxylation sites is 1. The number of nitrogens with zero attached hydrogens (tertiary/aromatic N) is 5. The highest BCUT2D eigenvalue weighted by Crippen LogP contribution is 2.45. The van der Waals surface area contributed by atoms with Gasteiger partial charge in [0.2, 0.25) is 5.95 Å². The molecule has 1 aliphatic carbocycles. The van der Waals surface area contributed by atoms with Crippen LogP contribution in [0.5, 0.6) is 0 Å². The van der Waals surface area contributed by atoms with Crippen LogP contribution in [0.3, 0.4) is 0 Å². The largest absolute Gasteiger partial charge is 0.444 e. The second-order valence-corrected chi connectivity index (χ2v) is 12.5. The molecule has 0 spiro atoms. The fraction of sp³-hybridized carbons (Fsp3) is 0.406. The molecule has 7 nitrogen and oxygen atoms in total. The molecule has 2 unspecified atom stereocenters. The van der Waals surface area contributed by atoms with E-state index in [1.165, 1.54) is 18.2 Å². The van der Waals surface area contributed by atoms with Gasteiger partial charge in [-0.3, -0.25) is 0 Å². The van der Waals surface area contributed by atoms with Crippen LogP contribution in [0.2, 0.25) is 0 Å². The lowest BCUT2D eigenvalue weighted by atomic mass is 9.90. The fourth-order valence-corrected chi connectivity index (χ4v) is 6.43. The fourth-order valence-electron chi connectivity index (χ4n) is 6.43. The summed E-state index contributed by atoms with van der Waals surface area (Å²) in [6, 6.07) is 15.1. The van der Waals surface area contributed by atoms with Gasteiger partial charge in [0.1, 0.15) is 11.3 Å². The van der Waals surface area contributed by atoms with Crippen LogP contribution in [-0.2, 0) is 17.1 Å². The molecule has 4 aromatic rings. The Morgan fingerprint density at radius 2 is 1.47 bits per heavy atom. The zero-order valence-corrected chi connectivity index (χ0v) is 24.7. The third-order valence-corrected chi connectivity index (χ3v) is 8.27. The van der Waals surface area contributed by atoms with Crippen LogP contribution in [0.4, 0.5) is 42.8 Å². The third kappa shape index (κ3) is 6.04. The van der Waals surface area contributed by atoms with E-state index in [1.54, 1.807) is 25.7 Å². The Kier molecular flexibility index (Phi) is 7.48. The summed E-state index contributed by atoms with van der Waals surface area (Å²) >= 11 is 0. The van der Waals surface area contributed by atoms with Crippen LogP contribution in [0.1, 0.15) is 44.9 Å². The highest BCUT2D eigenvalue weighted by Gasteiger charge is 2.48. The summed E-state index contributed by atoms with van der Waals surface area (Å²) < 4.78 is 88.6. The van der Waals surface area contributed by atoms with Crippen LogP contribution >= 0.6 is 0 Å². The molecule has 1 amide bonds. The smallest absolute Gasteiger partial charge is 0.433 e. The molecule has 2 aromatic heterocycles. The predicted octanol–water partition coefficient (Wildman–Crippen LogP) is 8.22. The average Bonchev–Trinajstić information content (AvgIpc) is 3.49. The van der Waals surface area contributed by atoms with Crippen LogP contribution < -0.4 is 4.90 Å². The normalized spacial score (nSPS) is 20.5. The number of hydrogen-bond donors (Lipinski definition) is 0. The van der Waals surface area contributed by atoms with E-state index in [2.05, 4.69) is 10.1 Å². The van der Waals surface area contributed by atoms with Crippen LogP contribution in [-0.4, -0.2) is 50.3 Å².